The Hall–Kier alpha value is -4.19. The number of esters is 2. The van der Waals surface area contributed by atoms with Crippen LogP contribution in [0.3, 0.4) is 0 Å². The highest BCUT2D eigenvalue weighted by Gasteiger charge is 2.24. The lowest BCUT2D eigenvalue weighted by Gasteiger charge is -2.06. The molecule has 3 aromatic rings. The Morgan fingerprint density at radius 2 is 1.70 bits per heavy atom. The van der Waals surface area contributed by atoms with Crippen molar-refractivity contribution in [2.45, 2.75) is 0 Å². The summed E-state index contributed by atoms with van der Waals surface area (Å²) >= 11 is 0. The van der Waals surface area contributed by atoms with E-state index in [1.165, 1.54) is 0 Å². The van der Waals surface area contributed by atoms with Gasteiger partial charge in [-0.2, -0.15) is 0 Å². The van der Waals surface area contributed by atoms with Gasteiger partial charge in [0.05, 0.1) is 12.7 Å². The number of hydrogen-bond acceptors (Lipinski definition) is 6. The molecule has 0 aromatic heterocycles. The van der Waals surface area contributed by atoms with E-state index in [1.807, 2.05) is 30.3 Å². The van der Waals surface area contributed by atoms with Gasteiger partial charge < -0.3 is 14.2 Å². The zero-order chi connectivity index (χ0) is 20.9. The second-order valence-corrected chi connectivity index (χ2v) is 6.39. The van der Waals surface area contributed by atoms with E-state index in [0.29, 0.717) is 22.6 Å². The van der Waals surface area contributed by atoms with Crippen molar-refractivity contribution in [1.82, 2.24) is 0 Å². The van der Waals surface area contributed by atoms with Crippen LogP contribution in [0.5, 0.6) is 11.5 Å². The predicted octanol–water partition coefficient (Wildman–Crippen LogP) is 4.26. The van der Waals surface area contributed by atoms with Crippen LogP contribution in [-0.2, 0) is 9.53 Å². The van der Waals surface area contributed by atoms with Crippen molar-refractivity contribution >= 4 is 23.9 Å². The molecule has 0 fully saturated rings. The van der Waals surface area contributed by atoms with E-state index < -0.39 is 11.9 Å². The highest BCUT2D eigenvalue weighted by Crippen LogP contribution is 2.22. The summed E-state index contributed by atoms with van der Waals surface area (Å²) in [6.07, 6.45) is 1.59. The van der Waals surface area contributed by atoms with Crippen molar-refractivity contribution in [3.63, 3.8) is 0 Å². The molecule has 1 aliphatic heterocycles. The van der Waals surface area contributed by atoms with Crippen molar-refractivity contribution in [1.29, 1.82) is 0 Å². The molecule has 0 radical (unpaired) electrons. The van der Waals surface area contributed by atoms with Crippen molar-refractivity contribution in [3.8, 4) is 11.5 Å². The molecular weight excluding hydrogens is 382 g/mol. The molecule has 0 aliphatic carbocycles. The number of carbonyl (C=O) groups excluding carboxylic acids is 2. The Morgan fingerprint density at radius 1 is 0.933 bits per heavy atom. The quantitative estimate of drug-likeness (QED) is 0.364. The molecule has 0 bridgehead atoms. The Balaban J connectivity index is 1.52. The largest absolute Gasteiger partial charge is 0.497 e. The van der Waals surface area contributed by atoms with Crippen molar-refractivity contribution in [3.05, 3.63) is 101 Å². The molecule has 0 atom stereocenters. The Labute approximate surface area is 173 Å². The molecular formula is C24H17NO5. The minimum atomic E-state index is -0.533. The molecule has 6 heteroatoms. The number of ether oxygens (including phenoxy) is 3. The van der Waals surface area contributed by atoms with Gasteiger partial charge in [0.2, 0.25) is 5.90 Å². The smallest absolute Gasteiger partial charge is 0.363 e. The minimum Gasteiger partial charge on any atom is -0.497 e. The summed E-state index contributed by atoms with van der Waals surface area (Å²) in [5.74, 6) is 0.235. The number of nitrogens with zero attached hydrogens (tertiary/aromatic N) is 1. The van der Waals surface area contributed by atoms with Crippen LogP contribution in [0.25, 0.3) is 6.08 Å². The van der Waals surface area contributed by atoms with Gasteiger partial charge >= 0.3 is 11.9 Å². The average molecular weight is 399 g/mol. The van der Waals surface area contributed by atoms with Crippen LogP contribution in [0.1, 0.15) is 21.5 Å². The lowest BCUT2D eigenvalue weighted by molar-refractivity contribution is -0.129. The van der Waals surface area contributed by atoms with Crippen LogP contribution in [0.2, 0.25) is 0 Å². The van der Waals surface area contributed by atoms with Crippen LogP contribution < -0.4 is 9.47 Å². The molecule has 0 saturated heterocycles. The van der Waals surface area contributed by atoms with Gasteiger partial charge in [0, 0.05) is 5.56 Å². The summed E-state index contributed by atoms with van der Waals surface area (Å²) < 4.78 is 15.8. The van der Waals surface area contributed by atoms with Crippen LogP contribution >= 0.6 is 0 Å². The van der Waals surface area contributed by atoms with Gasteiger partial charge in [0.25, 0.3) is 0 Å². The molecule has 6 nitrogen and oxygen atoms in total. The second-order valence-electron chi connectivity index (χ2n) is 6.39. The predicted molar refractivity (Wildman–Crippen MR) is 111 cm³/mol. The molecule has 148 valence electrons. The van der Waals surface area contributed by atoms with Gasteiger partial charge in [-0.3, -0.25) is 0 Å². The zero-order valence-corrected chi connectivity index (χ0v) is 16.1. The number of rotatable bonds is 5. The first kappa shape index (κ1) is 19.1. The van der Waals surface area contributed by atoms with Crippen molar-refractivity contribution < 1.29 is 23.8 Å². The maximum atomic E-state index is 12.3. The fourth-order valence-electron chi connectivity index (χ4n) is 2.83. The summed E-state index contributed by atoms with van der Waals surface area (Å²) in [5, 5.41) is 0. The Bertz CT molecular complexity index is 1150. The van der Waals surface area contributed by atoms with Gasteiger partial charge in [-0.05, 0) is 60.2 Å². The first-order valence-electron chi connectivity index (χ1n) is 9.17. The summed E-state index contributed by atoms with van der Waals surface area (Å²) in [5.41, 5.74) is 1.94. The average Bonchev–Trinajstić information content (AvgIpc) is 3.15. The van der Waals surface area contributed by atoms with E-state index in [-0.39, 0.29) is 11.6 Å². The lowest BCUT2D eigenvalue weighted by atomic mass is 10.2. The van der Waals surface area contributed by atoms with Crippen LogP contribution in [0, 0.1) is 0 Å². The molecule has 1 aliphatic rings. The molecule has 1 heterocycles. The number of hydrogen-bond donors (Lipinski definition) is 0. The highest BCUT2D eigenvalue weighted by molar-refractivity contribution is 6.12. The van der Waals surface area contributed by atoms with Gasteiger partial charge in [0.1, 0.15) is 11.5 Å². The molecule has 4 rings (SSSR count). The fraction of sp³-hybridized carbons (Fsp3) is 0.0417. The minimum absolute atomic E-state index is 0.174. The maximum absolute atomic E-state index is 12.3. The van der Waals surface area contributed by atoms with Gasteiger partial charge in [-0.25, -0.2) is 14.6 Å². The van der Waals surface area contributed by atoms with Crippen molar-refractivity contribution in [2.24, 2.45) is 4.99 Å². The molecule has 0 amide bonds. The summed E-state index contributed by atoms with van der Waals surface area (Å²) in [6.45, 7) is 0. The third-order valence-electron chi connectivity index (χ3n) is 4.34. The van der Waals surface area contributed by atoms with E-state index in [4.69, 9.17) is 14.2 Å². The van der Waals surface area contributed by atoms with Crippen LogP contribution in [0.4, 0.5) is 0 Å². The SMILES string of the molecule is COc1ccc(C(=O)Oc2cccc(/C=C3/N=C(c4ccccc4)OC3=O)c2)cc1. The van der Waals surface area contributed by atoms with E-state index in [1.54, 1.807) is 61.7 Å². The summed E-state index contributed by atoms with van der Waals surface area (Å²) in [6, 6.07) is 22.6. The van der Waals surface area contributed by atoms with E-state index >= 15 is 0 Å². The number of carbonyl (C=O) groups is 2. The Morgan fingerprint density at radius 3 is 2.43 bits per heavy atom. The first-order valence-corrected chi connectivity index (χ1v) is 9.17. The molecule has 0 unspecified atom stereocenters. The zero-order valence-electron chi connectivity index (χ0n) is 16.1. The van der Waals surface area contributed by atoms with Gasteiger partial charge in [0.15, 0.2) is 5.70 Å². The highest BCUT2D eigenvalue weighted by atomic mass is 16.6. The molecule has 30 heavy (non-hydrogen) atoms. The van der Waals surface area contributed by atoms with Crippen LogP contribution in [-0.4, -0.2) is 24.9 Å². The fourth-order valence-corrected chi connectivity index (χ4v) is 2.83. The van der Waals surface area contributed by atoms with Gasteiger partial charge in [-0.15, -0.1) is 0 Å². The van der Waals surface area contributed by atoms with Crippen molar-refractivity contribution in [2.75, 3.05) is 7.11 Å². The van der Waals surface area contributed by atoms with E-state index in [9.17, 15) is 9.59 Å². The normalized spacial score (nSPS) is 14.2. The topological polar surface area (TPSA) is 74.2 Å². The number of aliphatic imine (C=N–C) groups is 1. The molecule has 0 saturated carbocycles. The second kappa shape index (κ2) is 8.45. The first-order chi connectivity index (χ1) is 14.6. The van der Waals surface area contributed by atoms with E-state index in [2.05, 4.69) is 4.99 Å². The maximum Gasteiger partial charge on any atom is 0.363 e. The molecule has 3 aromatic carbocycles. The van der Waals surface area contributed by atoms with E-state index in [0.717, 1.165) is 5.56 Å². The molecule has 0 N–H and O–H groups in total. The number of benzene rings is 3. The van der Waals surface area contributed by atoms with Crippen LogP contribution in [0.15, 0.2) is 89.6 Å². The summed E-state index contributed by atoms with van der Waals surface area (Å²) in [7, 11) is 1.56. The Kier molecular flexibility index (Phi) is 5.39. The molecule has 0 spiro atoms. The monoisotopic (exact) mass is 399 g/mol. The van der Waals surface area contributed by atoms with Gasteiger partial charge in [-0.1, -0.05) is 30.3 Å². The number of cyclic esters (lactones) is 1. The third-order valence-corrected chi connectivity index (χ3v) is 4.34. The summed E-state index contributed by atoms with van der Waals surface area (Å²) in [4.78, 5) is 28.8. The standard InChI is InChI=1S/C24H17NO5/c1-28-19-12-10-18(11-13-19)23(26)29-20-9-5-6-16(14-20)15-21-24(27)30-22(25-21)17-7-3-2-4-8-17/h2-15H,1H3/b21-15+. The lowest BCUT2D eigenvalue weighted by Crippen LogP contribution is -2.08. The third kappa shape index (κ3) is 4.28. The number of methoxy groups -OCH3 is 1.